The molecule has 0 fully saturated rings. The quantitative estimate of drug-likeness (QED) is 0.490. The molecule has 0 aliphatic rings. The summed E-state index contributed by atoms with van der Waals surface area (Å²) in [4.78, 5) is 0. The van der Waals surface area contributed by atoms with Crippen LogP contribution in [0.15, 0.2) is 0 Å². The fraction of sp³-hybridized carbons (Fsp3) is 1.00. The molecule has 0 radical (unpaired) electrons. The van der Waals surface area contributed by atoms with Crippen LogP contribution >= 0.6 is 0 Å². The SMILES string of the molecule is CCCCCC(CC)C(O)C(O)CO.CCO. The lowest BCUT2D eigenvalue weighted by molar-refractivity contribution is -0.0461. The molecule has 0 saturated carbocycles. The van der Waals surface area contributed by atoms with Gasteiger partial charge in [0.25, 0.3) is 0 Å². The second kappa shape index (κ2) is 13.9. The molecule has 4 N–H and O–H groups in total. The predicted octanol–water partition coefficient (Wildman–Crippen LogP) is 1.31. The van der Waals surface area contributed by atoms with E-state index in [2.05, 4.69) is 6.92 Å². The first-order valence-electron chi connectivity index (χ1n) is 6.66. The van der Waals surface area contributed by atoms with Gasteiger partial charge in [0.05, 0.1) is 12.7 Å². The summed E-state index contributed by atoms with van der Waals surface area (Å²) in [7, 11) is 0. The van der Waals surface area contributed by atoms with Crippen molar-refractivity contribution in [1.29, 1.82) is 0 Å². The van der Waals surface area contributed by atoms with Gasteiger partial charge in [-0.1, -0.05) is 39.5 Å². The van der Waals surface area contributed by atoms with E-state index in [9.17, 15) is 10.2 Å². The topological polar surface area (TPSA) is 80.9 Å². The van der Waals surface area contributed by atoms with Gasteiger partial charge >= 0.3 is 0 Å². The highest BCUT2D eigenvalue weighted by Crippen LogP contribution is 2.19. The fourth-order valence-corrected chi connectivity index (χ4v) is 1.70. The van der Waals surface area contributed by atoms with Gasteiger partial charge in [-0.15, -0.1) is 0 Å². The van der Waals surface area contributed by atoms with Crippen molar-refractivity contribution in [3.05, 3.63) is 0 Å². The van der Waals surface area contributed by atoms with Crippen molar-refractivity contribution >= 4 is 0 Å². The second-order valence-electron chi connectivity index (χ2n) is 4.22. The lowest BCUT2D eigenvalue weighted by Gasteiger charge is -2.24. The highest BCUT2D eigenvalue weighted by atomic mass is 16.4. The maximum Gasteiger partial charge on any atom is 0.103 e. The number of rotatable bonds is 8. The standard InChI is InChI=1S/C11H24O3.C2H6O/c1-3-5-6-7-9(4-2)11(14)10(13)8-12;1-2-3/h9-14H,3-8H2,1-2H3;3H,2H2,1H3. The van der Waals surface area contributed by atoms with E-state index in [1.807, 2.05) is 6.92 Å². The first-order chi connectivity index (χ1) is 8.08. The highest BCUT2D eigenvalue weighted by molar-refractivity contribution is 4.74. The monoisotopic (exact) mass is 250 g/mol. The third-order valence-electron chi connectivity index (χ3n) is 2.77. The summed E-state index contributed by atoms with van der Waals surface area (Å²) in [5, 5.41) is 35.2. The second-order valence-corrected chi connectivity index (χ2v) is 4.22. The summed E-state index contributed by atoms with van der Waals surface area (Å²) in [6.45, 7) is 5.72. The first-order valence-corrected chi connectivity index (χ1v) is 6.66. The van der Waals surface area contributed by atoms with E-state index in [1.165, 1.54) is 6.42 Å². The van der Waals surface area contributed by atoms with Crippen molar-refractivity contribution in [3.8, 4) is 0 Å². The van der Waals surface area contributed by atoms with Crippen LogP contribution in [0.2, 0.25) is 0 Å². The molecule has 4 nitrogen and oxygen atoms in total. The largest absolute Gasteiger partial charge is 0.397 e. The molecule has 106 valence electrons. The molecular formula is C13H30O4. The Balaban J connectivity index is 0. The zero-order chi connectivity index (χ0) is 13.7. The summed E-state index contributed by atoms with van der Waals surface area (Å²) in [6, 6.07) is 0. The van der Waals surface area contributed by atoms with E-state index in [4.69, 9.17) is 10.2 Å². The lowest BCUT2D eigenvalue weighted by Crippen LogP contribution is -2.35. The average Bonchev–Trinajstić information content (AvgIpc) is 2.34. The van der Waals surface area contributed by atoms with Crippen molar-refractivity contribution in [1.82, 2.24) is 0 Å². The molecule has 0 bridgehead atoms. The molecule has 0 rings (SSSR count). The van der Waals surface area contributed by atoms with Crippen LogP contribution in [0.4, 0.5) is 0 Å². The predicted molar refractivity (Wildman–Crippen MR) is 69.8 cm³/mol. The van der Waals surface area contributed by atoms with Crippen LogP contribution in [0.1, 0.15) is 52.9 Å². The third-order valence-corrected chi connectivity index (χ3v) is 2.77. The molecule has 0 aromatic carbocycles. The Kier molecular flexibility index (Phi) is 15.7. The van der Waals surface area contributed by atoms with Gasteiger partial charge in [-0.3, -0.25) is 0 Å². The minimum atomic E-state index is -0.985. The molecule has 3 atom stereocenters. The first kappa shape index (κ1) is 19.2. The smallest absolute Gasteiger partial charge is 0.103 e. The van der Waals surface area contributed by atoms with Gasteiger partial charge in [0.2, 0.25) is 0 Å². The summed E-state index contributed by atoms with van der Waals surface area (Å²) in [5.41, 5.74) is 0. The molecule has 0 saturated heterocycles. The van der Waals surface area contributed by atoms with Gasteiger partial charge < -0.3 is 20.4 Å². The fourth-order valence-electron chi connectivity index (χ4n) is 1.70. The van der Waals surface area contributed by atoms with Crippen LogP contribution in [0.25, 0.3) is 0 Å². The number of unbranched alkanes of at least 4 members (excludes halogenated alkanes) is 2. The lowest BCUT2D eigenvalue weighted by atomic mass is 9.90. The Morgan fingerprint density at radius 2 is 1.47 bits per heavy atom. The van der Waals surface area contributed by atoms with Gasteiger partial charge in [-0.25, -0.2) is 0 Å². The number of hydrogen-bond acceptors (Lipinski definition) is 4. The van der Waals surface area contributed by atoms with Crippen LogP contribution in [0, 0.1) is 5.92 Å². The van der Waals surface area contributed by atoms with Crippen LogP contribution in [-0.2, 0) is 0 Å². The van der Waals surface area contributed by atoms with Crippen molar-refractivity contribution in [2.75, 3.05) is 13.2 Å². The number of aliphatic hydroxyl groups is 4. The number of aliphatic hydroxyl groups excluding tert-OH is 4. The molecule has 0 aromatic heterocycles. The zero-order valence-corrected chi connectivity index (χ0v) is 11.5. The summed E-state index contributed by atoms with van der Waals surface area (Å²) < 4.78 is 0. The Hall–Kier alpha value is -0.160. The molecule has 0 heterocycles. The molecule has 4 heteroatoms. The van der Waals surface area contributed by atoms with Crippen molar-refractivity contribution in [2.24, 2.45) is 5.92 Å². The van der Waals surface area contributed by atoms with E-state index in [0.29, 0.717) is 0 Å². The third kappa shape index (κ3) is 10.7. The normalized spacial score (nSPS) is 15.7. The van der Waals surface area contributed by atoms with Crippen molar-refractivity contribution < 1.29 is 20.4 Å². The minimum absolute atomic E-state index is 0.115. The minimum Gasteiger partial charge on any atom is -0.397 e. The average molecular weight is 250 g/mol. The van der Waals surface area contributed by atoms with E-state index in [1.54, 1.807) is 6.92 Å². The van der Waals surface area contributed by atoms with Gasteiger partial charge in [-0.05, 0) is 19.3 Å². The van der Waals surface area contributed by atoms with Crippen LogP contribution in [-0.4, -0.2) is 45.8 Å². The Bertz CT molecular complexity index is 141. The summed E-state index contributed by atoms with van der Waals surface area (Å²) in [5.74, 6) is 0.115. The molecule has 0 aliphatic carbocycles. The summed E-state index contributed by atoms with van der Waals surface area (Å²) >= 11 is 0. The Morgan fingerprint density at radius 3 is 1.82 bits per heavy atom. The van der Waals surface area contributed by atoms with Gasteiger partial charge in [0, 0.05) is 6.61 Å². The maximum atomic E-state index is 9.67. The summed E-state index contributed by atoms with van der Waals surface area (Å²) in [6.07, 6.45) is 3.44. The van der Waals surface area contributed by atoms with E-state index < -0.39 is 12.2 Å². The molecule has 3 unspecified atom stereocenters. The van der Waals surface area contributed by atoms with Crippen molar-refractivity contribution in [2.45, 2.75) is 65.1 Å². The molecule has 17 heavy (non-hydrogen) atoms. The van der Waals surface area contributed by atoms with E-state index >= 15 is 0 Å². The zero-order valence-electron chi connectivity index (χ0n) is 11.5. The van der Waals surface area contributed by atoms with Crippen LogP contribution < -0.4 is 0 Å². The van der Waals surface area contributed by atoms with Gasteiger partial charge in [0.1, 0.15) is 6.10 Å². The number of hydrogen-bond donors (Lipinski definition) is 4. The molecule has 0 aromatic rings. The molecule has 0 spiro atoms. The van der Waals surface area contributed by atoms with Crippen LogP contribution in [0.3, 0.4) is 0 Å². The Morgan fingerprint density at radius 1 is 0.941 bits per heavy atom. The molecule has 0 aliphatic heterocycles. The van der Waals surface area contributed by atoms with Crippen LogP contribution in [0.5, 0.6) is 0 Å². The van der Waals surface area contributed by atoms with Crippen molar-refractivity contribution in [3.63, 3.8) is 0 Å². The van der Waals surface area contributed by atoms with E-state index in [0.717, 1.165) is 25.7 Å². The Labute approximate surface area is 105 Å². The molecular weight excluding hydrogens is 220 g/mol. The maximum absolute atomic E-state index is 9.67. The molecule has 0 amide bonds. The van der Waals surface area contributed by atoms with E-state index in [-0.39, 0.29) is 19.1 Å². The highest BCUT2D eigenvalue weighted by Gasteiger charge is 2.23. The van der Waals surface area contributed by atoms with Gasteiger partial charge in [0.15, 0.2) is 0 Å². The van der Waals surface area contributed by atoms with Gasteiger partial charge in [-0.2, -0.15) is 0 Å².